The Kier molecular flexibility index (Phi) is 6.96. The minimum Gasteiger partial charge on any atom is -0.496 e. The number of benzene rings is 1. The molecule has 5 fully saturated rings. The second-order valence-corrected chi connectivity index (χ2v) is 14.9. The van der Waals surface area contributed by atoms with E-state index in [1.54, 1.807) is 7.11 Å². The average molecular weight is 525 g/mol. The Balaban J connectivity index is 1.14. The minimum atomic E-state index is -0.525. The molecule has 0 saturated heterocycles. The summed E-state index contributed by atoms with van der Waals surface area (Å²) in [6.45, 7) is 7.63. The average Bonchev–Trinajstić information content (AvgIpc) is 3.59. The lowest BCUT2D eigenvalue weighted by atomic mass is 9.41. The first kappa shape index (κ1) is 27.1. The third kappa shape index (κ3) is 4.10. The van der Waals surface area contributed by atoms with Gasteiger partial charge in [0.25, 0.3) is 0 Å². The van der Waals surface area contributed by atoms with Crippen LogP contribution in [0.1, 0.15) is 109 Å². The van der Waals surface area contributed by atoms with E-state index in [-0.39, 0.29) is 11.3 Å². The molecule has 0 aromatic heterocycles. The smallest absolute Gasteiger partial charge is 0.124 e. The van der Waals surface area contributed by atoms with Crippen LogP contribution < -0.4 is 4.74 Å². The Labute approximate surface area is 230 Å². The van der Waals surface area contributed by atoms with Crippen LogP contribution in [0.4, 0.5) is 0 Å². The molecule has 38 heavy (non-hydrogen) atoms. The molecule has 0 radical (unpaired) electrons. The number of ether oxygens (including phenoxy) is 1. The van der Waals surface area contributed by atoms with E-state index in [2.05, 4.69) is 20.8 Å². The van der Waals surface area contributed by atoms with E-state index in [0.717, 1.165) is 61.2 Å². The van der Waals surface area contributed by atoms with Crippen LogP contribution in [0.15, 0.2) is 24.3 Å². The van der Waals surface area contributed by atoms with Crippen molar-refractivity contribution < 1.29 is 20.1 Å². The van der Waals surface area contributed by atoms with Crippen LogP contribution in [0.2, 0.25) is 0 Å². The van der Waals surface area contributed by atoms with Gasteiger partial charge in [0.15, 0.2) is 0 Å². The van der Waals surface area contributed by atoms with Gasteiger partial charge in [-0.3, -0.25) is 0 Å². The normalized spacial score (nSPS) is 44.6. The maximum Gasteiger partial charge on any atom is 0.124 e. The predicted octanol–water partition coefficient (Wildman–Crippen LogP) is 6.92. The topological polar surface area (TPSA) is 69.9 Å². The Morgan fingerprint density at radius 2 is 1.61 bits per heavy atom. The molecule has 0 amide bonds. The number of para-hydroxylation sites is 1. The SMILES string of the molecule is COc1ccccc1C(O)CCC[C@@H](C)[C@H]1CC[C@H]2[C@H]3[C@H](CC[C@]12C)[C@@]1(C)CC[C@H](O)[C@H](O)[C@@H]1CC31CC1. The highest BCUT2D eigenvalue weighted by molar-refractivity contribution is 5.34. The zero-order valence-corrected chi connectivity index (χ0v) is 24.2. The molecule has 212 valence electrons. The van der Waals surface area contributed by atoms with Crippen LogP contribution in [0, 0.1) is 51.8 Å². The van der Waals surface area contributed by atoms with Gasteiger partial charge in [0.05, 0.1) is 25.4 Å². The molecule has 11 atom stereocenters. The van der Waals surface area contributed by atoms with Crippen LogP contribution in [0.25, 0.3) is 0 Å². The van der Waals surface area contributed by atoms with Crippen molar-refractivity contribution in [2.24, 2.45) is 51.8 Å². The third-order valence-corrected chi connectivity index (χ3v) is 13.4. The first-order chi connectivity index (χ1) is 18.1. The number of aliphatic hydroxyl groups excluding tert-OH is 3. The Morgan fingerprint density at radius 3 is 2.34 bits per heavy atom. The van der Waals surface area contributed by atoms with Crippen molar-refractivity contribution in [1.29, 1.82) is 0 Å². The molecule has 5 aliphatic rings. The predicted molar refractivity (Wildman–Crippen MR) is 151 cm³/mol. The lowest BCUT2D eigenvalue weighted by molar-refractivity contribution is -0.198. The number of hydrogen-bond acceptors (Lipinski definition) is 4. The third-order valence-electron chi connectivity index (χ3n) is 13.4. The van der Waals surface area contributed by atoms with Crippen molar-refractivity contribution in [3.8, 4) is 5.75 Å². The largest absolute Gasteiger partial charge is 0.496 e. The maximum atomic E-state index is 11.1. The van der Waals surface area contributed by atoms with Crippen molar-refractivity contribution in [2.75, 3.05) is 7.11 Å². The van der Waals surface area contributed by atoms with Gasteiger partial charge in [0.2, 0.25) is 0 Å². The summed E-state index contributed by atoms with van der Waals surface area (Å²) in [6.07, 6.45) is 12.6. The summed E-state index contributed by atoms with van der Waals surface area (Å²) in [4.78, 5) is 0. The van der Waals surface area contributed by atoms with Crippen LogP contribution in [-0.4, -0.2) is 34.6 Å². The summed E-state index contributed by atoms with van der Waals surface area (Å²) >= 11 is 0. The molecule has 1 aromatic carbocycles. The highest BCUT2D eigenvalue weighted by atomic mass is 16.5. The van der Waals surface area contributed by atoms with E-state index in [1.807, 2.05) is 24.3 Å². The molecule has 0 bridgehead atoms. The number of aliphatic hydroxyl groups is 3. The standard InChI is InChI=1S/C34H52O4/c1-21(8-7-10-27(35)22-9-5-6-11-29(22)38-4)23-12-13-24-30-25(14-16-32(23,24)2)33(3)17-15-28(36)31(37)26(33)20-34(30)18-19-34/h5-6,9,11,21,23-28,30-31,35-37H,7-8,10,12-20H2,1-4H3/t21-,23-,24+,25+,26+,27?,28+,30+,31-,32-,33-/m1/s1. The van der Waals surface area contributed by atoms with Gasteiger partial charge >= 0.3 is 0 Å². The van der Waals surface area contributed by atoms with E-state index in [9.17, 15) is 15.3 Å². The summed E-state index contributed by atoms with van der Waals surface area (Å²) in [5.41, 5.74) is 1.97. The minimum absolute atomic E-state index is 0.191. The number of fused-ring (bicyclic) bond motifs is 6. The molecule has 5 saturated carbocycles. The number of hydrogen-bond donors (Lipinski definition) is 3. The van der Waals surface area contributed by atoms with Crippen LogP contribution in [-0.2, 0) is 0 Å². The monoisotopic (exact) mass is 524 g/mol. The van der Waals surface area contributed by atoms with Crippen LogP contribution >= 0.6 is 0 Å². The zero-order valence-electron chi connectivity index (χ0n) is 24.2. The van der Waals surface area contributed by atoms with Crippen molar-refractivity contribution in [3.05, 3.63) is 29.8 Å². The van der Waals surface area contributed by atoms with Gasteiger partial charge in [-0.05, 0) is 122 Å². The molecular formula is C34H52O4. The second kappa shape index (κ2) is 9.77. The van der Waals surface area contributed by atoms with Gasteiger partial charge in [0, 0.05) is 5.56 Å². The van der Waals surface area contributed by atoms with Crippen molar-refractivity contribution >= 4 is 0 Å². The maximum absolute atomic E-state index is 11.1. The summed E-state index contributed by atoms with van der Waals surface area (Å²) < 4.78 is 5.48. The molecule has 0 heterocycles. The van der Waals surface area contributed by atoms with Crippen molar-refractivity contribution in [1.82, 2.24) is 0 Å². The quantitative estimate of drug-likeness (QED) is 0.362. The molecular weight excluding hydrogens is 472 g/mol. The summed E-state index contributed by atoms with van der Waals surface area (Å²) in [5, 5.41) is 32.5. The highest BCUT2D eigenvalue weighted by Gasteiger charge is 2.70. The molecule has 4 heteroatoms. The molecule has 3 N–H and O–H groups in total. The molecule has 6 rings (SSSR count). The molecule has 1 unspecified atom stereocenters. The van der Waals surface area contributed by atoms with Crippen molar-refractivity contribution in [3.63, 3.8) is 0 Å². The van der Waals surface area contributed by atoms with Crippen LogP contribution in [0.5, 0.6) is 5.75 Å². The van der Waals surface area contributed by atoms with Gasteiger partial charge in [-0.1, -0.05) is 51.8 Å². The second-order valence-electron chi connectivity index (χ2n) is 14.9. The van der Waals surface area contributed by atoms with E-state index >= 15 is 0 Å². The van der Waals surface area contributed by atoms with Gasteiger partial charge < -0.3 is 20.1 Å². The first-order valence-corrected chi connectivity index (χ1v) is 15.8. The zero-order chi connectivity index (χ0) is 26.9. The highest BCUT2D eigenvalue weighted by Crippen LogP contribution is 2.77. The number of rotatable bonds is 7. The lowest BCUT2D eigenvalue weighted by Gasteiger charge is -2.64. The van der Waals surface area contributed by atoms with Gasteiger partial charge in [-0.15, -0.1) is 0 Å². The Morgan fingerprint density at radius 1 is 0.895 bits per heavy atom. The summed E-state index contributed by atoms with van der Waals surface area (Å²) in [5.74, 6) is 4.87. The van der Waals surface area contributed by atoms with Gasteiger partial charge in [-0.25, -0.2) is 0 Å². The fourth-order valence-electron chi connectivity index (χ4n) is 11.2. The summed E-state index contributed by atoms with van der Waals surface area (Å²) in [7, 11) is 1.68. The molecule has 1 spiro atoms. The van der Waals surface area contributed by atoms with E-state index < -0.39 is 18.3 Å². The molecule has 4 nitrogen and oxygen atoms in total. The lowest BCUT2D eigenvalue weighted by Crippen LogP contribution is -2.61. The fourth-order valence-corrected chi connectivity index (χ4v) is 11.2. The van der Waals surface area contributed by atoms with Gasteiger partial charge in [-0.2, -0.15) is 0 Å². The molecule has 1 aromatic rings. The first-order valence-electron chi connectivity index (χ1n) is 15.8. The molecule has 0 aliphatic heterocycles. The van der Waals surface area contributed by atoms with E-state index in [1.165, 1.54) is 44.9 Å². The van der Waals surface area contributed by atoms with E-state index in [4.69, 9.17) is 4.74 Å². The van der Waals surface area contributed by atoms with E-state index in [0.29, 0.717) is 22.7 Å². The Hall–Kier alpha value is -1.10. The Bertz CT molecular complexity index is 1000. The van der Waals surface area contributed by atoms with Gasteiger partial charge in [0.1, 0.15) is 5.75 Å². The van der Waals surface area contributed by atoms with Crippen molar-refractivity contribution in [2.45, 2.75) is 116 Å². The van der Waals surface area contributed by atoms with Crippen LogP contribution in [0.3, 0.4) is 0 Å². The molecule has 5 aliphatic carbocycles. The number of methoxy groups -OCH3 is 1. The summed E-state index contributed by atoms with van der Waals surface area (Å²) in [6, 6.07) is 7.87. The fraction of sp³-hybridized carbons (Fsp3) is 0.824.